The molecule has 2 fully saturated rings. The molecule has 1 atom stereocenters. The van der Waals surface area contributed by atoms with Crippen LogP contribution >= 0.6 is 0 Å². The van der Waals surface area contributed by atoms with Crippen molar-refractivity contribution in [1.29, 1.82) is 5.26 Å². The maximum Gasteiger partial charge on any atom is 0.268 e. The summed E-state index contributed by atoms with van der Waals surface area (Å²) in [5.41, 5.74) is 1.70. The van der Waals surface area contributed by atoms with Crippen molar-refractivity contribution in [2.24, 2.45) is 0 Å². The number of pyridine rings is 1. The molecule has 9 nitrogen and oxygen atoms in total. The van der Waals surface area contributed by atoms with Crippen molar-refractivity contribution >= 4 is 24.0 Å². The number of piperazine rings is 1. The first-order chi connectivity index (χ1) is 18.8. The van der Waals surface area contributed by atoms with E-state index in [4.69, 9.17) is 10.00 Å². The summed E-state index contributed by atoms with van der Waals surface area (Å²) < 4.78 is 33.1. The third-order valence-corrected chi connectivity index (χ3v) is 6.67. The maximum atomic E-state index is 13.6. The Hall–Kier alpha value is -3.88. The van der Waals surface area contributed by atoms with Crippen LogP contribution < -0.4 is 15.4 Å². The third kappa shape index (κ3) is 8.05. The van der Waals surface area contributed by atoms with Crippen molar-refractivity contribution < 1.29 is 23.1 Å². The first-order valence-electron chi connectivity index (χ1n) is 13.0. The lowest BCUT2D eigenvalue weighted by atomic mass is 10.1. The van der Waals surface area contributed by atoms with Gasteiger partial charge in [0.15, 0.2) is 0 Å². The highest BCUT2D eigenvalue weighted by Gasteiger charge is 2.47. The quantitative estimate of drug-likeness (QED) is 0.447. The van der Waals surface area contributed by atoms with Gasteiger partial charge in [-0.15, -0.1) is 0 Å². The minimum atomic E-state index is -3.11. The molecule has 11 heteroatoms. The van der Waals surface area contributed by atoms with Gasteiger partial charge in [-0.05, 0) is 30.2 Å². The Balaban J connectivity index is 1.28. The monoisotopic (exact) mass is 538 g/mol. The lowest BCUT2D eigenvalue weighted by Crippen LogP contribution is -2.43. The number of carbonyl (C=O) groups excluding carboxylic acids is 2. The van der Waals surface area contributed by atoms with E-state index in [0.29, 0.717) is 12.2 Å². The minimum Gasteiger partial charge on any atom is -0.494 e. The number of rotatable bonds is 10. The molecule has 1 aromatic heterocycles. The number of ether oxygens (including phenoxy) is 1. The average molecular weight is 539 g/mol. The Bertz CT molecular complexity index is 1210. The Kier molecular flexibility index (Phi) is 9.57. The number of aromatic nitrogens is 1. The van der Waals surface area contributed by atoms with E-state index in [2.05, 4.69) is 20.5 Å². The topological polar surface area (TPSA) is 111 Å². The first-order valence-corrected chi connectivity index (χ1v) is 13.0. The number of benzene rings is 1. The minimum absolute atomic E-state index is 0.280. The van der Waals surface area contributed by atoms with Crippen LogP contribution in [0.15, 0.2) is 42.7 Å². The van der Waals surface area contributed by atoms with Gasteiger partial charge < -0.3 is 25.2 Å². The van der Waals surface area contributed by atoms with Crippen LogP contribution in [0.1, 0.15) is 34.3 Å². The summed E-state index contributed by atoms with van der Waals surface area (Å²) in [5, 5.41) is 14.9. The van der Waals surface area contributed by atoms with Crippen LogP contribution in [0.3, 0.4) is 0 Å². The van der Waals surface area contributed by atoms with Gasteiger partial charge in [-0.3, -0.25) is 14.6 Å². The van der Waals surface area contributed by atoms with E-state index >= 15 is 0 Å². The molecule has 206 valence electrons. The fraction of sp³-hybridized carbons (Fsp3) is 0.429. The second-order valence-electron chi connectivity index (χ2n) is 9.57. The molecule has 0 saturated carbocycles. The highest BCUT2D eigenvalue weighted by atomic mass is 19.3. The molecule has 3 heterocycles. The molecule has 39 heavy (non-hydrogen) atoms. The Morgan fingerprint density at radius 3 is 2.72 bits per heavy atom. The van der Waals surface area contributed by atoms with E-state index in [1.54, 1.807) is 12.1 Å². The number of nitrogens with one attached hydrogen (secondary N) is 2. The van der Waals surface area contributed by atoms with Crippen LogP contribution in [0, 0.1) is 11.3 Å². The average Bonchev–Trinajstić information content (AvgIpc) is 3.28. The fourth-order valence-electron chi connectivity index (χ4n) is 4.57. The predicted molar refractivity (Wildman–Crippen MR) is 142 cm³/mol. The standard InChI is InChI=1S/C28H32F2N6O3/c29-28(30)16-23(17-31)36(20-28)26(37)19-34-27(38)25-8-9-33-18-22(25)5-2-21-3-6-24(7-4-21)39-15-1-12-35-13-10-32-11-14-35/h2-9,18,23,32H,1,10-16,19-20H2,(H,34,38)/b5-2+. The van der Waals surface area contributed by atoms with Gasteiger partial charge in [0.25, 0.3) is 11.8 Å². The summed E-state index contributed by atoms with van der Waals surface area (Å²) in [6, 6.07) is 9.63. The molecule has 0 bridgehead atoms. The third-order valence-electron chi connectivity index (χ3n) is 6.67. The molecule has 2 aliphatic heterocycles. The molecular formula is C28H32F2N6O3. The second kappa shape index (κ2) is 13.3. The molecule has 2 amide bonds. The summed E-state index contributed by atoms with van der Waals surface area (Å²) in [4.78, 5) is 32.5. The van der Waals surface area contributed by atoms with Gasteiger partial charge >= 0.3 is 0 Å². The van der Waals surface area contributed by atoms with Gasteiger partial charge in [-0.2, -0.15) is 5.26 Å². The molecule has 2 N–H and O–H groups in total. The summed E-state index contributed by atoms with van der Waals surface area (Å²) in [5.74, 6) is -3.61. The number of carbonyl (C=O) groups is 2. The molecule has 2 saturated heterocycles. The van der Waals surface area contributed by atoms with Gasteiger partial charge in [0, 0.05) is 62.7 Å². The van der Waals surface area contributed by atoms with Gasteiger partial charge in [-0.25, -0.2) is 8.78 Å². The van der Waals surface area contributed by atoms with Crippen LogP contribution in [-0.2, 0) is 4.79 Å². The van der Waals surface area contributed by atoms with Crippen LogP contribution in [-0.4, -0.2) is 91.0 Å². The van der Waals surface area contributed by atoms with Crippen LogP contribution in [0.5, 0.6) is 5.75 Å². The number of likely N-dealkylation sites (tertiary alicyclic amines) is 1. The molecule has 2 aromatic rings. The SMILES string of the molecule is N#CC1CC(F)(F)CN1C(=O)CNC(=O)c1ccncc1/C=C/c1ccc(OCCCN2CCNCC2)cc1. The lowest BCUT2D eigenvalue weighted by molar-refractivity contribution is -0.131. The Labute approximate surface area is 226 Å². The van der Waals surface area contributed by atoms with E-state index in [1.165, 1.54) is 18.5 Å². The van der Waals surface area contributed by atoms with E-state index in [-0.39, 0.29) is 5.56 Å². The molecule has 2 aliphatic rings. The molecule has 0 spiro atoms. The predicted octanol–water partition coefficient (Wildman–Crippen LogP) is 2.42. The highest BCUT2D eigenvalue weighted by molar-refractivity contribution is 6.00. The van der Waals surface area contributed by atoms with Gasteiger partial charge in [0.05, 0.1) is 25.8 Å². The smallest absolute Gasteiger partial charge is 0.268 e. The molecule has 0 aliphatic carbocycles. The van der Waals surface area contributed by atoms with Crippen LogP contribution in [0.25, 0.3) is 12.2 Å². The van der Waals surface area contributed by atoms with Crippen LogP contribution in [0.2, 0.25) is 0 Å². The Morgan fingerprint density at radius 1 is 1.21 bits per heavy atom. The van der Waals surface area contributed by atoms with Crippen molar-refractivity contribution in [3.8, 4) is 11.8 Å². The summed E-state index contributed by atoms with van der Waals surface area (Å²) >= 11 is 0. The van der Waals surface area contributed by atoms with Gasteiger partial charge in [-0.1, -0.05) is 24.3 Å². The summed E-state index contributed by atoms with van der Waals surface area (Å²) in [6.45, 7) is 4.56. The van der Waals surface area contributed by atoms with E-state index in [9.17, 15) is 18.4 Å². The number of hydrogen-bond donors (Lipinski definition) is 2. The molecule has 1 unspecified atom stereocenters. The number of hydrogen-bond acceptors (Lipinski definition) is 7. The Morgan fingerprint density at radius 2 is 1.97 bits per heavy atom. The van der Waals surface area contributed by atoms with Crippen molar-refractivity contribution in [3.63, 3.8) is 0 Å². The number of nitriles is 1. The number of alkyl halides is 2. The number of halogens is 2. The molecule has 4 rings (SSSR count). The van der Waals surface area contributed by atoms with Gasteiger partial charge in [0.1, 0.15) is 11.8 Å². The maximum absolute atomic E-state index is 13.6. The highest BCUT2D eigenvalue weighted by Crippen LogP contribution is 2.31. The number of nitrogens with zero attached hydrogens (tertiary/aromatic N) is 4. The largest absolute Gasteiger partial charge is 0.494 e. The summed E-state index contributed by atoms with van der Waals surface area (Å²) in [7, 11) is 0. The summed E-state index contributed by atoms with van der Waals surface area (Å²) in [6.07, 6.45) is 6.80. The van der Waals surface area contributed by atoms with Gasteiger partial charge in [0.2, 0.25) is 5.91 Å². The van der Waals surface area contributed by atoms with Crippen molar-refractivity contribution in [2.45, 2.75) is 24.8 Å². The zero-order valence-corrected chi connectivity index (χ0v) is 21.6. The van der Waals surface area contributed by atoms with Crippen molar-refractivity contribution in [2.75, 3.05) is 52.4 Å². The zero-order valence-electron chi connectivity index (χ0n) is 21.6. The van der Waals surface area contributed by atoms with Crippen molar-refractivity contribution in [1.82, 2.24) is 25.4 Å². The molecule has 1 aromatic carbocycles. The fourth-order valence-corrected chi connectivity index (χ4v) is 4.57. The van der Waals surface area contributed by atoms with E-state index in [0.717, 1.165) is 55.4 Å². The lowest BCUT2D eigenvalue weighted by Gasteiger charge is -2.26. The van der Waals surface area contributed by atoms with E-state index in [1.807, 2.05) is 30.3 Å². The number of amides is 2. The first kappa shape index (κ1) is 28.1. The molecule has 0 radical (unpaired) electrons. The second-order valence-corrected chi connectivity index (χ2v) is 9.57. The molecular weight excluding hydrogens is 506 g/mol. The normalized spacial score (nSPS) is 19.1. The zero-order chi connectivity index (χ0) is 27.7. The van der Waals surface area contributed by atoms with Crippen molar-refractivity contribution in [3.05, 3.63) is 59.4 Å². The van der Waals surface area contributed by atoms with E-state index < -0.39 is 43.3 Å². The van der Waals surface area contributed by atoms with Crippen LogP contribution in [0.4, 0.5) is 8.78 Å².